The highest BCUT2D eigenvalue weighted by Crippen LogP contribution is 2.24. The summed E-state index contributed by atoms with van der Waals surface area (Å²) >= 11 is 0. The Kier molecular flexibility index (Phi) is 8.63. The summed E-state index contributed by atoms with van der Waals surface area (Å²) in [5.74, 6) is 0.127. The Morgan fingerprint density at radius 2 is 1.54 bits per heavy atom. The minimum atomic E-state index is 0.0212. The zero-order chi connectivity index (χ0) is 24.5. The van der Waals surface area contributed by atoms with Gasteiger partial charge in [0.15, 0.2) is 0 Å². The molecule has 0 saturated carbocycles. The Balaban J connectivity index is 1.58. The van der Waals surface area contributed by atoms with E-state index in [0.717, 1.165) is 55.0 Å². The summed E-state index contributed by atoms with van der Waals surface area (Å²) < 4.78 is 0. The number of amides is 2. The molecular weight excluding hydrogens is 436 g/mol. The second-order valence-electron chi connectivity index (χ2n) is 9.08. The number of benzene rings is 2. The van der Waals surface area contributed by atoms with Gasteiger partial charge in [-0.05, 0) is 42.2 Å². The van der Waals surface area contributed by atoms with Crippen LogP contribution in [0, 0.1) is 0 Å². The Labute approximate surface area is 208 Å². The Morgan fingerprint density at radius 1 is 0.829 bits per heavy atom. The fourth-order valence-electron chi connectivity index (χ4n) is 4.66. The van der Waals surface area contributed by atoms with Gasteiger partial charge < -0.3 is 9.80 Å². The van der Waals surface area contributed by atoms with Crippen LogP contribution in [-0.4, -0.2) is 52.8 Å². The van der Waals surface area contributed by atoms with Gasteiger partial charge in [0.2, 0.25) is 11.8 Å². The van der Waals surface area contributed by atoms with Crippen molar-refractivity contribution in [3.63, 3.8) is 0 Å². The molecule has 0 atom stereocenters. The number of hydrogen-bond donors (Lipinski definition) is 0. The summed E-state index contributed by atoms with van der Waals surface area (Å²) in [4.78, 5) is 36.7. The number of anilines is 1. The van der Waals surface area contributed by atoms with Crippen LogP contribution in [0.4, 0.5) is 5.69 Å². The summed E-state index contributed by atoms with van der Waals surface area (Å²) in [5, 5.41) is 0. The minimum absolute atomic E-state index is 0.0212. The van der Waals surface area contributed by atoms with Gasteiger partial charge in [-0.15, -0.1) is 0 Å². The number of hydrogen-bond acceptors (Lipinski definition) is 4. The molecule has 2 amide bonds. The summed E-state index contributed by atoms with van der Waals surface area (Å²) in [5.41, 5.74) is 3.95. The van der Waals surface area contributed by atoms with Gasteiger partial charge in [-0.1, -0.05) is 54.6 Å². The first-order valence-electron chi connectivity index (χ1n) is 12.4. The van der Waals surface area contributed by atoms with Crippen molar-refractivity contribution >= 4 is 17.5 Å². The van der Waals surface area contributed by atoms with Crippen LogP contribution in [-0.2, 0) is 29.1 Å². The average Bonchev–Trinajstić information content (AvgIpc) is 2.86. The quantitative estimate of drug-likeness (QED) is 0.571. The maximum Gasteiger partial charge on any atom is 0.227 e. The normalized spacial score (nSPS) is 15.6. The molecule has 1 aliphatic heterocycles. The molecule has 0 N–H and O–H groups in total. The zero-order valence-corrected chi connectivity index (χ0v) is 20.5. The van der Waals surface area contributed by atoms with Crippen molar-refractivity contribution in [2.45, 2.75) is 39.3 Å². The molecule has 1 aromatic heterocycles. The number of rotatable bonds is 4. The predicted molar refractivity (Wildman–Crippen MR) is 139 cm³/mol. The molecule has 4 rings (SSSR count). The van der Waals surface area contributed by atoms with E-state index >= 15 is 0 Å². The van der Waals surface area contributed by atoms with Crippen molar-refractivity contribution in [3.8, 4) is 0 Å². The zero-order valence-electron chi connectivity index (χ0n) is 20.5. The molecule has 35 heavy (non-hydrogen) atoms. The lowest BCUT2D eigenvalue weighted by Gasteiger charge is -2.31. The molecule has 6 nitrogen and oxygen atoms in total. The van der Waals surface area contributed by atoms with Crippen LogP contribution in [0.15, 0.2) is 79.0 Å². The third-order valence-corrected chi connectivity index (χ3v) is 6.44. The second kappa shape index (κ2) is 12.3. The van der Waals surface area contributed by atoms with E-state index in [9.17, 15) is 9.59 Å². The topological polar surface area (TPSA) is 56.8 Å². The number of fused-ring (bicyclic) bond motifs is 1. The Bertz CT molecular complexity index is 1100. The van der Waals surface area contributed by atoms with Gasteiger partial charge in [-0.25, -0.2) is 0 Å². The predicted octanol–water partition coefficient (Wildman–Crippen LogP) is 4.30. The number of aromatic nitrogens is 1. The molecule has 0 bridgehead atoms. The van der Waals surface area contributed by atoms with E-state index in [-0.39, 0.29) is 11.8 Å². The van der Waals surface area contributed by atoms with Crippen molar-refractivity contribution in [1.29, 1.82) is 0 Å². The van der Waals surface area contributed by atoms with Gasteiger partial charge in [0.05, 0.1) is 12.1 Å². The molecule has 2 aromatic carbocycles. The van der Waals surface area contributed by atoms with Crippen LogP contribution in [0.3, 0.4) is 0 Å². The smallest absolute Gasteiger partial charge is 0.227 e. The standard InChI is InChI=1S/C29H34N4O2/c1-24(34)33-20-10-18-31(23-27-14-7-8-16-30-27)17-9-19-32(22-26-13-5-6-15-28(26)33)29(35)21-25-11-3-2-4-12-25/h2-8,11-16H,9-10,17-23H2,1H3. The van der Waals surface area contributed by atoms with E-state index in [1.807, 2.05) is 88.8 Å². The maximum atomic E-state index is 13.4. The number of para-hydroxylation sites is 1. The van der Waals surface area contributed by atoms with E-state index in [4.69, 9.17) is 0 Å². The maximum absolute atomic E-state index is 13.4. The highest BCUT2D eigenvalue weighted by atomic mass is 16.2. The summed E-state index contributed by atoms with van der Waals surface area (Å²) in [7, 11) is 0. The molecule has 2 heterocycles. The highest BCUT2D eigenvalue weighted by molar-refractivity contribution is 5.92. The van der Waals surface area contributed by atoms with Gasteiger partial charge in [0, 0.05) is 58.1 Å². The lowest BCUT2D eigenvalue weighted by Crippen LogP contribution is -2.38. The third-order valence-electron chi connectivity index (χ3n) is 6.44. The molecule has 182 valence electrons. The van der Waals surface area contributed by atoms with Crippen LogP contribution in [0.2, 0.25) is 0 Å². The van der Waals surface area contributed by atoms with Crippen LogP contribution < -0.4 is 4.90 Å². The van der Waals surface area contributed by atoms with Crippen molar-refractivity contribution in [2.75, 3.05) is 31.1 Å². The van der Waals surface area contributed by atoms with E-state index in [0.29, 0.717) is 26.1 Å². The van der Waals surface area contributed by atoms with Gasteiger partial charge >= 0.3 is 0 Å². The molecule has 0 saturated heterocycles. The van der Waals surface area contributed by atoms with Crippen LogP contribution in [0.5, 0.6) is 0 Å². The van der Waals surface area contributed by atoms with E-state index in [1.165, 1.54) is 0 Å². The van der Waals surface area contributed by atoms with Gasteiger partial charge in [0.25, 0.3) is 0 Å². The molecule has 0 fully saturated rings. The number of nitrogens with zero attached hydrogens (tertiary/aromatic N) is 4. The first-order valence-corrected chi connectivity index (χ1v) is 12.4. The van der Waals surface area contributed by atoms with Crippen molar-refractivity contribution in [2.24, 2.45) is 0 Å². The molecule has 0 radical (unpaired) electrons. The second-order valence-corrected chi connectivity index (χ2v) is 9.08. The molecule has 1 aliphatic rings. The lowest BCUT2D eigenvalue weighted by atomic mass is 10.1. The van der Waals surface area contributed by atoms with Crippen molar-refractivity contribution < 1.29 is 9.59 Å². The third kappa shape index (κ3) is 6.99. The van der Waals surface area contributed by atoms with Crippen LogP contribution >= 0.6 is 0 Å². The Morgan fingerprint density at radius 3 is 2.29 bits per heavy atom. The molecule has 0 spiro atoms. The Hall–Kier alpha value is -3.51. The number of pyridine rings is 1. The highest BCUT2D eigenvalue weighted by Gasteiger charge is 2.21. The lowest BCUT2D eigenvalue weighted by molar-refractivity contribution is -0.131. The van der Waals surface area contributed by atoms with E-state index in [2.05, 4.69) is 9.88 Å². The molecular formula is C29H34N4O2. The van der Waals surface area contributed by atoms with E-state index < -0.39 is 0 Å². The van der Waals surface area contributed by atoms with Crippen LogP contribution in [0.1, 0.15) is 36.6 Å². The van der Waals surface area contributed by atoms with Crippen molar-refractivity contribution in [1.82, 2.24) is 14.8 Å². The number of carbonyl (C=O) groups excluding carboxylic acids is 2. The molecule has 3 aromatic rings. The molecule has 6 heteroatoms. The van der Waals surface area contributed by atoms with Crippen molar-refractivity contribution in [3.05, 3.63) is 95.8 Å². The summed E-state index contributed by atoms with van der Waals surface area (Å²) in [6.45, 7) is 5.91. The summed E-state index contributed by atoms with van der Waals surface area (Å²) in [6.07, 6.45) is 3.95. The van der Waals surface area contributed by atoms with E-state index in [1.54, 1.807) is 6.92 Å². The van der Waals surface area contributed by atoms with Gasteiger partial charge in [0.1, 0.15) is 0 Å². The molecule has 0 unspecified atom stereocenters. The first kappa shape index (κ1) is 24.6. The van der Waals surface area contributed by atoms with Crippen LogP contribution in [0.25, 0.3) is 0 Å². The monoisotopic (exact) mass is 470 g/mol. The molecule has 0 aliphatic carbocycles. The average molecular weight is 471 g/mol. The van der Waals surface area contributed by atoms with Gasteiger partial charge in [-0.2, -0.15) is 0 Å². The first-order chi connectivity index (χ1) is 17.1. The fraction of sp³-hybridized carbons (Fsp3) is 0.345. The van der Waals surface area contributed by atoms with Gasteiger partial charge in [-0.3, -0.25) is 19.5 Å². The largest absolute Gasteiger partial charge is 0.338 e. The SMILES string of the molecule is CC(=O)N1CCCN(Cc2ccccn2)CCCN(C(=O)Cc2ccccc2)Cc2ccccc21. The fourth-order valence-corrected chi connectivity index (χ4v) is 4.66. The summed E-state index contributed by atoms with van der Waals surface area (Å²) in [6, 6.07) is 23.8. The minimum Gasteiger partial charge on any atom is -0.338 e. The number of carbonyl (C=O) groups is 2.